The van der Waals surface area contributed by atoms with Crippen LogP contribution in [0.15, 0.2) is 72.8 Å². The van der Waals surface area contributed by atoms with Gasteiger partial charge >= 0.3 is 20.4 Å². The van der Waals surface area contributed by atoms with Crippen molar-refractivity contribution >= 4 is 14.7 Å². The van der Waals surface area contributed by atoms with E-state index in [-0.39, 0.29) is 5.57 Å². The van der Waals surface area contributed by atoms with Crippen LogP contribution in [-0.4, -0.2) is 5.97 Å². The molecule has 0 amide bonds. The largest absolute Gasteiger partial charge is 0.499 e. The zero-order chi connectivity index (χ0) is 16.0. The van der Waals surface area contributed by atoms with E-state index in [1.54, 1.807) is 55.5 Å². The molecule has 0 spiro atoms. The molecule has 5 heteroatoms. The molecule has 1 atom stereocenters. The maximum absolute atomic E-state index is 12.1. The lowest BCUT2D eigenvalue weighted by molar-refractivity contribution is -0.181. The molecule has 0 heterocycles. The Bertz CT molecular complexity index is 628. The summed E-state index contributed by atoms with van der Waals surface area (Å²) in [5.41, 5.74) is 1.37. The van der Waals surface area contributed by atoms with Gasteiger partial charge in [0.05, 0.1) is 0 Å². The lowest BCUT2D eigenvalue weighted by Gasteiger charge is -2.28. The summed E-state index contributed by atoms with van der Waals surface area (Å²) in [7, 11) is -1.10. The van der Waals surface area contributed by atoms with Crippen LogP contribution in [0.5, 0.6) is 0 Å². The number of esters is 1. The molecule has 0 N–H and O–H groups in total. The SMILES string of the molecule is C=C(C)C(=O)OC(O[PH+]=O)(c1ccccc1)c1ccccc1. The molecule has 2 aromatic carbocycles. The number of benzene rings is 2. The van der Waals surface area contributed by atoms with Crippen molar-refractivity contribution in [2.45, 2.75) is 12.7 Å². The first kappa shape index (κ1) is 16.1. The topological polar surface area (TPSA) is 52.6 Å². The van der Waals surface area contributed by atoms with E-state index in [1.165, 1.54) is 0 Å². The molecule has 0 fully saturated rings. The predicted octanol–water partition coefficient (Wildman–Crippen LogP) is 3.96. The first-order valence-electron chi connectivity index (χ1n) is 6.65. The van der Waals surface area contributed by atoms with Gasteiger partial charge in [-0.3, -0.25) is 0 Å². The smallest absolute Gasteiger partial charge is 0.416 e. The van der Waals surface area contributed by atoms with Crippen molar-refractivity contribution in [3.05, 3.63) is 83.9 Å². The van der Waals surface area contributed by atoms with Gasteiger partial charge in [-0.2, -0.15) is 0 Å². The fourth-order valence-electron chi connectivity index (χ4n) is 2.01. The summed E-state index contributed by atoms with van der Waals surface area (Å²) < 4.78 is 22.2. The fraction of sp³-hybridized carbons (Fsp3) is 0.118. The Morgan fingerprint density at radius 2 is 1.45 bits per heavy atom. The highest BCUT2D eigenvalue weighted by atomic mass is 31.1. The van der Waals surface area contributed by atoms with Crippen molar-refractivity contribution < 1.29 is 18.6 Å². The van der Waals surface area contributed by atoms with Gasteiger partial charge in [0.2, 0.25) is 0 Å². The Hall–Kier alpha value is -2.29. The summed E-state index contributed by atoms with van der Waals surface area (Å²) in [6.45, 7) is 5.12. The summed E-state index contributed by atoms with van der Waals surface area (Å²) in [6.07, 6.45) is 0. The standard InChI is InChI=1S/C17H16O4P/c1-13(2)16(18)20-17(21-22-19,14-9-5-3-6-10-14)15-11-7-4-8-12-15/h3-12,22H,1H2,2H3/q+1. The molecular weight excluding hydrogens is 299 g/mol. The van der Waals surface area contributed by atoms with Gasteiger partial charge in [0.25, 0.3) is 0 Å². The third-order valence-corrected chi connectivity index (χ3v) is 3.45. The Kier molecular flexibility index (Phi) is 5.21. The van der Waals surface area contributed by atoms with Crippen molar-refractivity contribution in [2.75, 3.05) is 0 Å². The van der Waals surface area contributed by atoms with E-state index in [1.807, 2.05) is 12.1 Å². The summed E-state index contributed by atoms with van der Waals surface area (Å²) in [6, 6.07) is 17.8. The second kappa shape index (κ2) is 7.12. The lowest BCUT2D eigenvalue weighted by atomic mass is 9.97. The lowest BCUT2D eigenvalue weighted by Crippen LogP contribution is -2.34. The third-order valence-electron chi connectivity index (χ3n) is 3.08. The number of hydrogen-bond acceptors (Lipinski definition) is 4. The first-order chi connectivity index (χ1) is 10.6. The molecule has 2 aromatic rings. The number of carbonyl (C=O) groups excluding carboxylic acids is 1. The van der Waals surface area contributed by atoms with Crippen LogP contribution in [0.3, 0.4) is 0 Å². The quantitative estimate of drug-likeness (QED) is 0.350. The summed E-state index contributed by atoms with van der Waals surface area (Å²) >= 11 is 0. The Balaban J connectivity index is 2.62. The normalized spacial score (nSPS) is 11.1. The van der Waals surface area contributed by atoms with Crippen LogP contribution in [-0.2, 0) is 24.4 Å². The van der Waals surface area contributed by atoms with Gasteiger partial charge < -0.3 is 4.74 Å². The average Bonchev–Trinajstić information content (AvgIpc) is 2.55. The monoisotopic (exact) mass is 315 g/mol. The molecule has 2 rings (SSSR count). The van der Waals surface area contributed by atoms with E-state index in [2.05, 4.69) is 6.58 Å². The maximum atomic E-state index is 12.1. The van der Waals surface area contributed by atoms with E-state index in [0.29, 0.717) is 11.1 Å². The van der Waals surface area contributed by atoms with Gasteiger partial charge in [-0.1, -0.05) is 71.8 Å². The molecule has 0 saturated carbocycles. The Morgan fingerprint density at radius 1 is 1.00 bits per heavy atom. The number of ether oxygens (including phenoxy) is 1. The highest BCUT2D eigenvalue weighted by Crippen LogP contribution is 2.38. The van der Waals surface area contributed by atoms with Crippen molar-refractivity contribution in [2.24, 2.45) is 0 Å². The van der Waals surface area contributed by atoms with Gasteiger partial charge in [0.15, 0.2) is 0 Å². The fourth-order valence-corrected chi connectivity index (χ4v) is 2.41. The maximum Gasteiger partial charge on any atom is 0.499 e. The minimum Gasteiger partial charge on any atom is -0.416 e. The van der Waals surface area contributed by atoms with Crippen LogP contribution in [0, 0.1) is 0 Å². The van der Waals surface area contributed by atoms with Crippen LogP contribution in [0.2, 0.25) is 0 Å². The van der Waals surface area contributed by atoms with E-state index in [0.717, 1.165) is 0 Å². The molecule has 0 saturated heterocycles. The Labute approximate surface area is 130 Å². The number of hydrogen-bond donors (Lipinski definition) is 0. The molecule has 0 radical (unpaired) electrons. The third kappa shape index (κ3) is 3.30. The molecule has 0 aliphatic carbocycles. The van der Waals surface area contributed by atoms with Crippen LogP contribution in [0.4, 0.5) is 0 Å². The highest BCUT2D eigenvalue weighted by Gasteiger charge is 2.44. The molecule has 22 heavy (non-hydrogen) atoms. The van der Waals surface area contributed by atoms with Gasteiger partial charge in [-0.15, -0.1) is 0 Å². The zero-order valence-electron chi connectivity index (χ0n) is 12.1. The second-order valence-electron chi connectivity index (χ2n) is 4.70. The van der Waals surface area contributed by atoms with Gasteiger partial charge in [0.1, 0.15) is 0 Å². The zero-order valence-corrected chi connectivity index (χ0v) is 13.1. The van der Waals surface area contributed by atoms with E-state index < -0.39 is 20.4 Å². The minimum atomic E-state index is -1.57. The van der Waals surface area contributed by atoms with E-state index >= 15 is 0 Å². The van der Waals surface area contributed by atoms with Gasteiger partial charge in [0, 0.05) is 16.7 Å². The number of carbonyl (C=O) groups is 1. The molecule has 0 bridgehead atoms. The van der Waals surface area contributed by atoms with Gasteiger partial charge in [-0.25, -0.2) is 4.79 Å². The molecule has 0 aliphatic rings. The highest BCUT2D eigenvalue weighted by molar-refractivity contribution is 7.17. The average molecular weight is 315 g/mol. The number of rotatable bonds is 6. The first-order valence-corrected chi connectivity index (χ1v) is 7.47. The van der Waals surface area contributed by atoms with Crippen molar-refractivity contribution in [1.82, 2.24) is 0 Å². The van der Waals surface area contributed by atoms with Crippen molar-refractivity contribution in [3.63, 3.8) is 0 Å². The molecule has 112 valence electrons. The van der Waals surface area contributed by atoms with Crippen LogP contribution < -0.4 is 0 Å². The van der Waals surface area contributed by atoms with Gasteiger partial charge in [-0.05, 0) is 11.5 Å². The van der Waals surface area contributed by atoms with Crippen LogP contribution >= 0.6 is 8.69 Å². The molecule has 0 aliphatic heterocycles. The molecular formula is C17H16O4P+. The van der Waals surface area contributed by atoms with E-state index in [4.69, 9.17) is 9.26 Å². The summed E-state index contributed by atoms with van der Waals surface area (Å²) in [5, 5.41) is 0. The van der Waals surface area contributed by atoms with Crippen LogP contribution in [0.1, 0.15) is 18.1 Å². The van der Waals surface area contributed by atoms with E-state index in [9.17, 15) is 9.36 Å². The second-order valence-corrected chi connectivity index (χ2v) is 5.07. The molecule has 1 unspecified atom stereocenters. The predicted molar refractivity (Wildman–Crippen MR) is 84.7 cm³/mol. The molecule has 4 nitrogen and oxygen atoms in total. The minimum absolute atomic E-state index is 0.231. The molecule has 0 aromatic heterocycles. The Morgan fingerprint density at radius 3 is 1.82 bits per heavy atom. The van der Waals surface area contributed by atoms with Crippen LogP contribution in [0.25, 0.3) is 0 Å². The van der Waals surface area contributed by atoms with Crippen molar-refractivity contribution in [3.8, 4) is 0 Å². The summed E-state index contributed by atoms with van der Waals surface area (Å²) in [5.74, 6) is -2.19. The summed E-state index contributed by atoms with van der Waals surface area (Å²) in [4.78, 5) is 12.1. The van der Waals surface area contributed by atoms with Crippen molar-refractivity contribution in [1.29, 1.82) is 0 Å².